The Morgan fingerprint density at radius 1 is 1.25 bits per heavy atom. The van der Waals surface area contributed by atoms with Gasteiger partial charge in [0.2, 0.25) is 0 Å². The summed E-state index contributed by atoms with van der Waals surface area (Å²) >= 11 is 0. The van der Waals surface area contributed by atoms with Gasteiger partial charge >= 0.3 is 0 Å². The Morgan fingerprint density at radius 2 is 1.75 bits per heavy atom. The van der Waals surface area contributed by atoms with Crippen molar-refractivity contribution in [1.82, 2.24) is 4.90 Å². The minimum absolute atomic E-state index is 0.308. The molecule has 2 heteroatoms. The molecule has 0 aromatic rings. The highest BCUT2D eigenvalue weighted by atomic mass is 15.1. The lowest BCUT2D eigenvalue weighted by atomic mass is 9.92. The van der Waals surface area contributed by atoms with Crippen molar-refractivity contribution in [1.29, 1.82) is 0 Å². The number of hydrogen-bond donors (Lipinski definition) is 1. The molecule has 0 saturated heterocycles. The molecule has 2 N–H and O–H groups in total. The Bertz CT molecular complexity index is 118. The normalized spacial score (nSPS) is 24.8. The summed E-state index contributed by atoms with van der Waals surface area (Å²) in [6.45, 7) is 2.13. The molecule has 0 heterocycles. The average Bonchev–Trinajstić information content (AvgIpc) is 2.37. The van der Waals surface area contributed by atoms with E-state index in [1.807, 2.05) is 0 Å². The van der Waals surface area contributed by atoms with Gasteiger partial charge in [0.25, 0.3) is 0 Å². The molecule has 1 aliphatic carbocycles. The Hall–Kier alpha value is -0.0800. The van der Waals surface area contributed by atoms with Crippen LogP contribution in [-0.4, -0.2) is 31.1 Å². The first-order valence-electron chi connectivity index (χ1n) is 5.05. The van der Waals surface area contributed by atoms with Crippen molar-refractivity contribution in [2.45, 2.75) is 44.7 Å². The number of nitrogens with two attached hydrogens (primary N) is 1. The van der Waals surface area contributed by atoms with E-state index in [9.17, 15) is 0 Å². The van der Waals surface area contributed by atoms with Gasteiger partial charge in [-0.25, -0.2) is 0 Å². The summed E-state index contributed by atoms with van der Waals surface area (Å²) in [5.74, 6) is 0.847. The lowest BCUT2D eigenvalue weighted by molar-refractivity contribution is 0.185. The van der Waals surface area contributed by atoms with Gasteiger partial charge < -0.3 is 10.6 Å². The third-order valence-corrected chi connectivity index (χ3v) is 3.02. The second-order valence-electron chi connectivity index (χ2n) is 4.36. The summed E-state index contributed by atoms with van der Waals surface area (Å²) < 4.78 is 0. The topological polar surface area (TPSA) is 29.3 Å². The fourth-order valence-corrected chi connectivity index (χ4v) is 2.62. The Balaban J connectivity index is 2.52. The molecule has 72 valence electrons. The van der Waals surface area contributed by atoms with E-state index in [1.54, 1.807) is 0 Å². The fraction of sp³-hybridized carbons (Fsp3) is 1.00. The molecule has 1 saturated carbocycles. The zero-order chi connectivity index (χ0) is 9.14. The van der Waals surface area contributed by atoms with E-state index in [1.165, 1.54) is 25.7 Å². The maximum Gasteiger partial charge on any atom is 0.0266 e. The predicted molar refractivity (Wildman–Crippen MR) is 53.1 cm³/mol. The van der Waals surface area contributed by atoms with Gasteiger partial charge in [-0.05, 0) is 39.8 Å². The minimum Gasteiger partial charge on any atom is -0.327 e. The largest absolute Gasteiger partial charge is 0.327 e. The number of hydrogen-bond acceptors (Lipinski definition) is 2. The highest BCUT2D eigenvalue weighted by Crippen LogP contribution is 2.30. The van der Waals surface area contributed by atoms with Crippen LogP contribution in [0.2, 0.25) is 0 Å². The van der Waals surface area contributed by atoms with Crippen LogP contribution in [0.5, 0.6) is 0 Å². The van der Waals surface area contributed by atoms with Gasteiger partial charge in [-0.1, -0.05) is 12.8 Å². The van der Waals surface area contributed by atoms with Crippen molar-refractivity contribution in [2.75, 3.05) is 14.1 Å². The van der Waals surface area contributed by atoms with E-state index >= 15 is 0 Å². The van der Waals surface area contributed by atoms with Crippen molar-refractivity contribution in [3.05, 3.63) is 0 Å². The summed E-state index contributed by atoms with van der Waals surface area (Å²) in [5.41, 5.74) is 5.98. The van der Waals surface area contributed by atoms with Gasteiger partial charge in [0.05, 0.1) is 0 Å². The van der Waals surface area contributed by atoms with E-state index in [0.717, 1.165) is 5.92 Å². The van der Waals surface area contributed by atoms with Gasteiger partial charge in [0.15, 0.2) is 0 Å². The highest BCUT2D eigenvalue weighted by Gasteiger charge is 2.28. The number of nitrogens with zero attached hydrogens (tertiary/aromatic N) is 1. The molecule has 0 bridgehead atoms. The van der Waals surface area contributed by atoms with Crippen molar-refractivity contribution >= 4 is 0 Å². The van der Waals surface area contributed by atoms with Gasteiger partial charge in [-0.3, -0.25) is 0 Å². The zero-order valence-corrected chi connectivity index (χ0v) is 8.59. The van der Waals surface area contributed by atoms with Crippen LogP contribution >= 0.6 is 0 Å². The molecule has 2 nitrogen and oxygen atoms in total. The molecular weight excluding hydrogens is 148 g/mol. The summed E-state index contributed by atoms with van der Waals surface area (Å²) in [6.07, 6.45) is 5.57. The highest BCUT2D eigenvalue weighted by molar-refractivity contribution is 4.85. The Morgan fingerprint density at radius 3 is 2.08 bits per heavy atom. The Labute approximate surface area is 76.1 Å². The number of rotatable bonds is 3. The molecule has 0 radical (unpaired) electrons. The summed E-state index contributed by atoms with van der Waals surface area (Å²) in [5, 5.41) is 0. The second kappa shape index (κ2) is 4.24. The molecule has 0 amide bonds. The van der Waals surface area contributed by atoms with Crippen LogP contribution < -0.4 is 5.73 Å². The summed E-state index contributed by atoms with van der Waals surface area (Å²) in [4.78, 5) is 2.29. The van der Waals surface area contributed by atoms with Gasteiger partial charge in [0.1, 0.15) is 0 Å². The maximum atomic E-state index is 5.98. The van der Waals surface area contributed by atoms with E-state index in [-0.39, 0.29) is 0 Å². The van der Waals surface area contributed by atoms with E-state index in [4.69, 9.17) is 5.73 Å². The van der Waals surface area contributed by atoms with Crippen LogP contribution in [0.1, 0.15) is 32.6 Å². The molecule has 12 heavy (non-hydrogen) atoms. The third-order valence-electron chi connectivity index (χ3n) is 3.02. The molecular formula is C10H22N2. The fourth-order valence-electron chi connectivity index (χ4n) is 2.62. The van der Waals surface area contributed by atoms with Crippen molar-refractivity contribution in [3.8, 4) is 0 Å². The monoisotopic (exact) mass is 170 g/mol. The van der Waals surface area contributed by atoms with E-state index in [2.05, 4.69) is 25.9 Å². The van der Waals surface area contributed by atoms with Crippen molar-refractivity contribution in [3.63, 3.8) is 0 Å². The zero-order valence-electron chi connectivity index (χ0n) is 8.59. The van der Waals surface area contributed by atoms with Crippen LogP contribution in [0.4, 0.5) is 0 Å². The molecule has 2 unspecified atom stereocenters. The molecule has 1 rings (SSSR count). The van der Waals surface area contributed by atoms with Gasteiger partial charge in [0, 0.05) is 12.1 Å². The molecule has 1 aliphatic rings. The SMILES string of the molecule is CC(N)C(C1CCCC1)N(C)C. The lowest BCUT2D eigenvalue weighted by Crippen LogP contribution is -2.46. The number of likely N-dealkylation sites (N-methyl/N-ethyl adjacent to an activating group) is 1. The Kier molecular flexibility index (Phi) is 3.53. The molecule has 1 fully saturated rings. The van der Waals surface area contributed by atoms with Crippen molar-refractivity contribution < 1.29 is 0 Å². The molecule has 0 spiro atoms. The third kappa shape index (κ3) is 2.20. The maximum absolute atomic E-state index is 5.98. The van der Waals surface area contributed by atoms with Crippen molar-refractivity contribution in [2.24, 2.45) is 11.7 Å². The predicted octanol–water partition coefficient (Wildman–Crippen LogP) is 1.45. The van der Waals surface area contributed by atoms with Crippen LogP contribution in [0, 0.1) is 5.92 Å². The smallest absolute Gasteiger partial charge is 0.0266 e. The molecule has 0 aliphatic heterocycles. The quantitative estimate of drug-likeness (QED) is 0.694. The first-order valence-corrected chi connectivity index (χ1v) is 5.05. The van der Waals surface area contributed by atoms with Crippen LogP contribution in [0.15, 0.2) is 0 Å². The molecule has 0 aromatic carbocycles. The van der Waals surface area contributed by atoms with Crippen LogP contribution in [0.3, 0.4) is 0 Å². The van der Waals surface area contributed by atoms with Gasteiger partial charge in [-0.15, -0.1) is 0 Å². The molecule has 2 atom stereocenters. The molecule has 0 aromatic heterocycles. The van der Waals surface area contributed by atoms with Crippen LogP contribution in [-0.2, 0) is 0 Å². The van der Waals surface area contributed by atoms with Crippen LogP contribution in [0.25, 0.3) is 0 Å². The minimum atomic E-state index is 0.308. The first kappa shape index (κ1) is 10.0. The second-order valence-corrected chi connectivity index (χ2v) is 4.36. The summed E-state index contributed by atoms with van der Waals surface area (Å²) in [6, 6.07) is 0.899. The lowest BCUT2D eigenvalue weighted by Gasteiger charge is -2.32. The first-order chi connectivity index (χ1) is 5.63. The summed E-state index contributed by atoms with van der Waals surface area (Å²) in [7, 11) is 4.29. The van der Waals surface area contributed by atoms with E-state index in [0.29, 0.717) is 12.1 Å². The van der Waals surface area contributed by atoms with Gasteiger partial charge in [-0.2, -0.15) is 0 Å². The van der Waals surface area contributed by atoms with E-state index < -0.39 is 0 Å². The standard InChI is InChI=1S/C10H22N2/c1-8(11)10(12(2)3)9-6-4-5-7-9/h8-10H,4-7,11H2,1-3H3. The average molecular weight is 170 g/mol.